The predicted molar refractivity (Wildman–Crippen MR) is 110 cm³/mol. The number of anilines is 2. The van der Waals surface area contributed by atoms with Gasteiger partial charge in [-0.25, -0.2) is 4.79 Å². The van der Waals surface area contributed by atoms with E-state index in [2.05, 4.69) is 36.8 Å². The quantitative estimate of drug-likeness (QED) is 0.428. The Labute approximate surface area is 169 Å². The highest BCUT2D eigenvalue weighted by molar-refractivity contribution is 9.10. The van der Waals surface area contributed by atoms with Crippen LogP contribution in [0.1, 0.15) is 11.3 Å². The predicted octanol–water partition coefficient (Wildman–Crippen LogP) is 6.41. The molecular weight excluding hydrogens is 439 g/mol. The third-order valence-electron chi connectivity index (χ3n) is 3.81. The molecule has 0 aliphatic carbocycles. The SMILES string of the molecule is Cc1[nH]nc(-c2cccc(NC(=O)Nc3cc(Cl)c(C)c(Cl)c3)c2)c1Br. The first kappa shape index (κ1) is 18.8. The van der Waals surface area contributed by atoms with Crippen molar-refractivity contribution >= 4 is 56.5 Å². The number of halogens is 3. The lowest BCUT2D eigenvalue weighted by molar-refractivity contribution is 0.262. The van der Waals surface area contributed by atoms with E-state index in [4.69, 9.17) is 23.2 Å². The summed E-state index contributed by atoms with van der Waals surface area (Å²) in [6.45, 7) is 3.74. The van der Waals surface area contributed by atoms with Crippen LogP contribution in [0.3, 0.4) is 0 Å². The van der Waals surface area contributed by atoms with E-state index >= 15 is 0 Å². The van der Waals surface area contributed by atoms with Crippen LogP contribution in [0, 0.1) is 13.8 Å². The monoisotopic (exact) mass is 452 g/mol. The summed E-state index contributed by atoms with van der Waals surface area (Å²) in [5.74, 6) is 0. The molecule has 0 fully saturated rings. The Kier molecular flexibility index (Phi) is 5.55. The molecule has 0 bridgehead atoms. The highest BCUT2D eigenvalue weighted by Gasteiger charge is 2.11. The maximum Gasteiger partial charge on any atom is 0.323 e. The van der Waals surface area contributed by atoms with Crippen molar-refractivity contribution < 1.29 is 4.79 Å². The van der Waals surface area contributed by atoms with E-state index in [1.807, 2.05) is 32.0 Å². The molecule has 3 aromatic rings. The molecule has 5 nitrogen and oxygen atoms in total. The van der Waals surface area contributed by atoms with Gasteiger partial charge in [0.1, 0.15) is 5.69 Å². The number of aromatic amines is 1. The number of benzene rings is 2. The second-order valence-corrected chi connectivity index (χ2v) is 7.34. The van der Waals surface area contributed by atoms with Crippen LogP contribution in [-0.4, -0.2) is 16.2 Å². The van der Waals surface area contributed by atoms with Crippen LogP contribution in [0.25, 0.3) is 11.3 Å². The van der Waals surface area contributed by atoms with Gasteiger partial charge in [-0.2, -0.15) is 5.10 Å². The topological polar surface area (TPSA) is 69.8 Å². The first-order valence-electron chi connectivity index (χ1n) is 7.69. The fourth-order valence-corrected chi connectivity index (χ4v) is 3.26. The van der Waals surface area contributed by atoms with Crippen LogP contribution in [-0.2, 0) is 0 Å². The van der Waals surface area contributed by atoms with E-state index < -0.39 is 6.03 Å². The molecule has 0 aliphatic heterocycles. The van der Waals surface area contributed by atoms with Gasteiger partial charge in [0.05, 0.1) is 4.47 Å². The van der Waals surface area contributed by atoms with E-state index in [0.717, 1.165) is 27.0 Å². The number of H-pyrrole nitrogens is 1. The number of aryl methyl sites for hydroxylation is 1. The summed E-state index contributed by atoms with van der Waals surface area (Å²) in [4.78, 5) is 12.3. The first-order valence-corrected chi connectivity index (χ1v) is 9.24. The smallest absolute Gasteiger partial charge is 0.308 e. The fourth-order valence-electron chi connectivity index (χ4n) is 2.36. The molecular formula is C18H15BrCl2N4O. The van der Waals surface area contributed by atoms with Gasteiger partial charge < -0.3 is 10.6 Å². The molecule has 0 saturated heterocycles. The number of rotatable bonds is 3. The molecule has 0 aliphatic rings. The Morgan fingerprint density at radius 2 is 1.73 bits per heavy atom. The van der Waals surface area contributed by atoms with Crippen LogP contribution in [0.15, 0.2) is 40.9 Å². The number of carbonyl (C=O) groups is 1. The standard InChI is InChI=1S/C18H15BrCl2N4O/c1-9-14(20)7-13(8-15(9)21)23-18(26)22-12-5-3-4-11(6-12)17-16(19)10(2)24-25-17/h3-8H,1-2H3,(H,24,25)(H2,22,23,26). The molecule has 3 rings (SSSR count). The van der Waals surface area contributed by atoms with E-state index in [9.17, 15) is 4.79 Å². The van der Waals surface area contributed by atoms with Crippen molar-refractivity contribution in [3.05, 3.63) is 62.2 Å². The minimum Gasteiger partial charge on any atom is -0.308 e. The maximum atomic E-state index is 12.3. The third kappa shape index (κ3) is 4.03. The Hall–Kier alpha value is -2.02. The van der Waals surface area contributed by atoms with Crippen molar-refractivity contribution in [1.82, 2.24) is 10.2 Å². The number of hydrogen-bond acceptors (Lipinski definition) is 2. The first-order chi connectivity index (χ1) is 12.3. The van der Waals surface area contributed by atoms with E-state index in [0.29, 0.717) is 21.4 Å². The Balaban J connectivity index is 1.76. The molecule has 2 aromatic carbocycles. The lowest BCUT2D eigenvalue weighted by Crippen LogP contribution is -2.19. The van der Waals surface area contributed by atoms with Gasteiger partial charge in [0, 0.05) is 32.7 Å². The minimum absolute atomic E-state index is 0.393. The normalized spacial score (nSPS) is 10.7. The molecule has 3 N–H and O–H groups in total. The Morgan fingerprint density at radius 1 is 1.08 bits per heavy atom. The molecule has 8 heteroatoms. The maximum absolute atomic E-state index is 12.3. The lowest BCUT2D eigenvalue weighted by atomic mass is 10.1. The molecule has 1 aromatic heterocycles. The van der Waals surface area contributed by atoms with Crippen molar-refractivity contribution in [2.24, 2.45) is 0 Å². The summed E-state index contributed by atoms with van der Waals surface area (Å²) >= 11 is 15.7. The molecule has 134 valence electrons. The third-order valence-corrected chi connectivity index (χ3v) is 5.56. The lowest BCUT2D eigenvalue weighted by Gasteiger charge is -2.10. The zero-order chi connectivity index (χ0) is 18.8. The summed E-state index contributed by atoms with van der Waals surface area (Å²) in [6, 6.07) is 10.3. The van der Waals surface area contributed by atoms with Gasteiger partial charge in [-0.05, 0) is 59.6 Å². The van der Waals surface area contributed by atoms with Crippen LogP contribution in [0.4, 0.5) is 16.2 Å². The number of hydrogen-bond donors (Lipinski definition) is 3. The molecule has 2 amide bonds. The molecule has 26 heavy (non-hydrogen) atoms. The van der Waals surface area contributed by atoms with Crippen molar-refractivity contribution in [2.75, 3.05) is 10.6 Å². The molecule has 1 heterocycles. The Bertz CT molecular complexity index is 964. The minimum atomic E-state index is -0.393. The summed E-state index contributed by atoms with van der Waals surface area (Å²) in [5.41, 5.74) is 4.52. The highest BCUT2D eigenvalue weighted by atomic mass is 79.9. The van der Waals surface area contributed by atoms with Crippen molar-refractivity contribution in [2.45, 2.75) is 13.8 Å². The number of nitrogens with zero attached hydrogens (tertiary/aromatic N) is 1. The number of aromatic nitrogens is 2. The number of nitrogens with one attached hydrogen (secondary N) is 3. The number of amides is 2. The molecule has 0 saturated carbocycles. The van der Waals surface area contributed by atoms with Gasteiger partial charge in [0.25, 0.3) is 0 Å². The van der Waals surface area contributed by atoms with Crippen LogP contribution >= 0.6 is 39.1 Å². The molecule has 0 atom stereocenters. The molecule has 0 radical (unpaired) electrons. The molecule has 0 unspecified atom stereocenters. The van der Waals surface area contributed by atoms with Crippen LogP contribution in [0.5, 0.6) is 0 Å². The summed E-state index contributed by atoms with van der Waals surface area (Å²) in [6.07, 6.45) is 0. The van der Waals surface area contributed by atoms with E-state index in [-0.39, 0.29) is 0 Å². The van der Waals surface area contributed by atoms with Gasteiger partial charge in [0.15, 0.2) is 0 Å². The number of carbonyl (C=O) groups excluding carboxylic acids is 1. The largest absolute Gasteiger partial charge is 0.323 e. The van der Waals surface area contributed by atoms with Crippen LogP contribution in [0.2, 0.25) is 10.0 Å². The second-order valence-electron chi connectivity index (χ2n) is 5.74. The van der Waals surface area contributed by atoms with Gasteiger partial charge in [0.2, 0.25) is 0 Å². The van der Waals surface area contributed by atoms with Gasteiger partial charge >= 0.3 is 6.03 Å². The molecule has 0 spiro atoms. The number of urea groups is 1. The van der Waals surface area contributed by atoms with Gasteiger partial charge in [-0.1, -0.05) is 35.3 Å². The van der Waals surface area contributed by atoms with E-state index in [1.165, 1.54) is 0 Å². The van der Waals surface area contributed by atoms with Crippen molar-refractivity contribution in [1.29, 1.82) is 0 Å². The summed E-state index contributed by atoms with van der Waals surface area (Å²) in [7, 11) is 0. The fraction of sp³-hybridized carbons (Fsp3) is 0.111. The van der Waals surface area contributed by atoms with Crippen LogP contribution < -0.4 is 10.6 Å². The summed E-state index contributed by atoms with van der Waals surface area (Å²) in [5, 5.41) is 13.7. The van der Waals surface area contributed by atoms with Crippen molar-refractivity contribution in [3.63, 3.8) is 0 Å². The van der Waals surface area contributed by atoms with Crippen molar-refractivity contribution in [3.8, 4) is 11.3 Å². The zero-order valence-corrected chi connectivity index (χ0v) is 17.1. The highest BCUT2D eigenvalue weighted by Crippen LogP contribution is 2.30. The average molecular weight is 454 g/mol. The van der Waals surface area contributed by atoms with Gasteiger partial charge in [-0.15, -0.1) is 0 Å². The Morgan fingerprint density at radius 3 is 2.35 bits per heavy atom. The van der Waals surface area contributed by atoms with Gasteiger partial charge in [-0.3, -0.25) is 5.10 Å². The second kappa shape index (κ2) is 7.70. The summed E-state index contributed by atoms with van der Waals surface area (Å²) < 4.78 is 0.892. The van der Waals surface area contributed by atoms with E-state index in [1.54, 1.807) is 18.2 Å². The zero-order valence-electron chi connectivity index (χ0n) is 14.0. The average Bonchev–Trinajstić information content (AvgIpc) is 2.92.